The number of hydrogen-bond donors (Lipinski definition) is 2. The SMILES string of the molecule is COc1ccc([C@@H]2C=C(c3ccc(Cl)cc3)Nc3nc(NS(=O)(=O)c4ccc(Cl)cc4)nn32)cc1. The Morgan fingerprint density at radius 2 is 1.57 bits per heavy atom. The maximum atomic E-state index is 12.9. The Kier molecular flexibility index (Phi) is 6.14. The monoisotopic (exact) mass is 527 g/mol. The Morgan fingerprint density at radius 3 is 2.20 bits per heavy atom. The zero-order valence-corrected chi connectivity index (χ0v) is 20.6. The smallest absolute Gasteiger partial charge is 0.264 e. The molecular weight excluding hydrogens is 509 g/mol. The largest absolute Gasteiger partial charge is 0.497 e. The molecule has 0 bridgehead atoms. The number of nitrogens with one attached hydrogen (secondary N) is 2. The van der Waals surface area contributed by atoms with Crippen molar-refractivity contribution in [2.24, 2.45) is 0 Å². The second-order valence-electron chi connectivity index (χ2n) is 7.69. The topological polar surface area (TPSA) is 98.1 Å². The Labute approximate surface area is 212 Å². The summed E-state index contributed by atoms with van der Waals surface area (Å²) in [7, 11) is -2.31. The normalized spacial score (nSPS) is 15.1. The van der Waals surface area contributed by atoms with Gasteiger partial charge in [0.15, 0.2) is 0 Å². The number of methoxy groups -OCH3 is 1. The van der Waals surface area contributed by atoms with Crippen LogP contribution in [0.15, 0.2) is 83.8 Å². The molecule has 0 aliphatic carbocycles. The summed E-state index contributed by atoms with van der Waals surface area (Å²) in [6, 6.07) is 20.4. The Balaban J connectivity index is 1.53. The van der Waals surface area contributed by atoms with Gasteiger partial charge in [0.05, 0.1) is 12.0 Å². The molecule has 4 aromatic rings. The molecular formula is C24H19Cl2N5O3S. The molecule has 5 rings (SSSR count). The minimum absolute atomic E-state index is 0.0503. The van der Waals surface area contributed by atoms with Crippen molar-refractivity contribution in [1.29, 1.82) is 0 Å². The van der Waals surface area contributed by atoms with Crippen molar-refractivity contribution in [3.05, 3.63) is 100 Å². The average molecular weight is 528 g/mol. The van der Waals surface area contributed by atoms with E-state index in [-0.39, 0.29) is 16.9 Å². The van der Waals surface area contributed by atoms with Crippen molar-refractivity contribution < 1.29 is 13.2 Å². The number of ether oxygens (including phenoxy) is 1. The van der Waals surface area contributed by atoms with Crippen LogP contribution < -0.4 is 14.8 Å². The molecule has 35 heavy (non-hydrogen) atoms. The summed E-state index contributed by atoms with van der Waals surface area (Å²) < 4.78 is 35.1. The van der Waals surface area contributed by atoms with E-state index >= 15 is 0 Å². The molecule has 11 heteroatoms. The number of anilines is 2. The molecule has 1 aliphatic rings. The third-order valence-corrected chi connectivity index (χ3v) is 7.28. The highest BCUT2D eigenvalue weighted by molar-refractivity contribution is 7.92. The number of rotatable bonds is 6. The van der Waals surface area contributed by atoms with Gasteiger partial charge < -0.3 is 10.1 Å². The van der Waals surface area contributed by atoms with E-state index in [0.29, 0.717) is 16.0 Å². The second-order valence-corrected chi connectivity index (χ2v) is 10.2. The van der Waals surface area contributed by atoms with Gasteiger partial charge in [-0.05, 0) is 65.7 Å². The van der Waals surface area contributed by atoms with E-state index in [1.54, 1.807) is 23.9 Å². The van der Waals surface area contributed by atoms with E-state index in [1.165, 1.54) is 24.3 Å². The molecule has 0 radical (unpaired) electrons. The molecule has 178 valence electrons. The van der Waals surface area contributed by atoms with Crippen LogP contribution >= 0.6 is 23.2 Å². The average Bonchev–Trinajstić information content (AvgIpc) is 3.26. The first-order valence-corrected chi connectivity index (χ1v) is 12.7. The number of fused-ring (bicyclic) bond motifs is 1. The van der Waals surface area contributed by atoms with Gasteiger partial charge in [0, 0.05) is 15.7 Å². The van der Waals surface area contributed by atoms with Crippen molar-refractivity contribution in [3.63, 3.8) is 0 Å². The maximum absolute atomic E-state index is 12.9. The molecule has 0 fully saturated rings. The highest BCUT2D eigenvalue weighted by Gasteiger charge is 2.27. The van der Waals surface area contributed by atoms with E-state index in [2.05, 4.69) is 20.1 Å². The predicted molar refractivity (Wildman–Crippen MR) is 136 cm³/mol. The Hall–Kier alpha value is -3.53. The van der Waals surface area contributed by atoms with Gasteiger partial charge in [-0.25, -0.2) is 17.8 Å². The molecule has 0 spiro atoms. The molecule has 0 amide bonds. The number of aromatic nitrogens is 3. The van der Waals surface area contributed by atoms with Crippen LogP contribution in [0.25, 0.3) is 5.70 Å². The van der Waals surface area contributed by atoms with Crippen LogP contribution in [-0.2, 0) is 10.0 Å². The van der Waals surface area contributed by atoms with E-state index < -0.39 is 10.0 Å². The number of allylic oxidation sites excluding steroid dienone is 1. The van der Waals surface area contributed by atoms with Crippen molar-refractivity contribution in [1.82, 2.24) is 14.8 Å². The summed E-state index contributed by atoms with van der Waals surface area (Å²) in [4.78, 5) is 4.46. The highest BCUT2D eigenvalue weighted by Crippen LogP contribution is 2.34. The Bertz CT molecular complexity index is 1500. The van der Waals surface area contributed by atoms with E-state index in [9.17, 15) is 8.42 Å². The zero-order chi connectivity index (χ0) is 24.6. The quantitative estimate of drug-likeness (QED) is 0.346. The molecule has 1 atom stereocenters. The minimum Gasteiger partial charge on any atom is -0.497 e. The number of sulfonamides is 1. The fraction of sp³-hybridized carbons (Fsp3) is 0.0833. The maximum Gasteiger partial charge on any atom is 0.264 e. The van der Waals surface area contributed by atoms with E-state index in [1.807, 2.05) is 42.5 Å². The van der Waals surface area contributed by atoms with Gasteiger partial charge in [-0.3, -0.25) is 0 Å². The number of halogens is 2. The summed E-state index contributed by atoms with van der Waals surface area (Å²) in [6.07, 6.45) is 1.99. The highest BCUT2D eigenvalue weighted by atomic mass is 35.5. The van der Waals surface area contributed by atoms with E-state index in [4.69, 9.17) is 27.9 Å². The minimum atomic E-state index is -3.91. The van der Waals surface area contributed by atoms with Gasteiger partial charge in [-0.1, -0.05) is 47.5 Å². The first kappa shape index (κ1) is 23.2. The zero-order valence-electron chi connectivity index (χ0n) is 18.3. The summed E-state index contributed by atoms with van der Waals surface area (Å²) in [6.45, 7) is 0. The Morgan fingerprint density at radius 1 is 0.943 bits per heavy atom. The molecule has 2 heterocycles. The van der Waals surface area contributed by atoms with Gasteiger partial charge in [0.1, 0.15) is 11.8 Å². The van der Waals surface area contributed by atoms with Crippen molar-refractivity contribution in [2.75, 3.05) is 17.1 Å². The number of hydrogen-bond acceptors (Lipinski definition) is 6. The lowest BCUT2D eigenvalue weighted by molar-refractivity contribution is 0.414. The summed E-state index contributed by atoms with van der Waals surface area (Å²) in [5, 5.41) is 8.75. The van der Waals surface area contributed by atoms with Crippen molar-refractivity contribution in [2.45, 2.75) is 10.9 Å². The number of nitrogens with zero attached hydrogens (tertiary/aromatic N) is 3. The van der Waals surface area contributed by atoms with Crippen LogP contribution in [0, 0.1) is 0 Å². The molecule has 3 aromatic carbocycles. The molecule has 1 aliphatic heterocycles. The fourth-order valence-electron chi connectivity index (χ4n) is 3.67. The van der Waals surface area contributed by atoms with Gasteiger partial charge in [0.2, 0.25) is 5.95 Å². The summed E-state index contributed by atoms with van der Waals surface area (Å²) in [5.41, 5.74) is 2.59. The van der Waals surface area contributed by atoms with Crippen LogP contribution in [0.5, 0.6) is 5.75 Å². The van der Waals surface area contributed by atoms with Crippen LogP contribution in [0.3, 0.4) is 0 Å². The van der Waals surface area contributed by atoms with Crippen LogP contribution in [0.4, 0.5) is 11.9 Å². The van der Waals surface area contributed by atoms with Gasteiger partial charge in [0.25, 0.3) is 16.0 Å². The molecule has 0 unspecified atom stereocenters. The van der Waals surface area contributed by atoms with Gasteiger partial charge >= 0.3 is 0 Å². The summed E-state index contributed by atoms with van der Waals surface area (Å²) >= 11 is 11.9. The molecule has 0 saturated heterocycles. The lowest BCUT2D eigenvalue weighted by Gasteiger charge is -2.24. The first-order valence-electron chi connectivity index (χ1n) is 10.5. The number of benzene rings is 3. The van der Waals surface area contributed by atoms with Crippen molar-refractivity contribution in [3.8, 4) is 5.75 Å². The van der Waals surface area contributed by atoms with Gasteiger partial charge in [-0.15, -0.1) is 5.10 Å². The summed E-state index contributed by atoms with van der Waals surface area (Å²) in [5.74, 6) is 1.04. The van der Waals surface area contributed by atoms with Crippen molar-refractivity contribution >= 4 is 50.8 Å². The lowest BCUT2D eigenvalue weighted by atomic mass is 10.0. The predicted octanol–water partition coefficient (Wildman–Crippen LogP) is 5.45. The van der Waals surface area contributed by atoms with E-state index in [0.717, 1.165) is 22.6 Å². The van der Waals surface area contributed by atoms with Crippen LogP contribution in [0.2, 0.25) is 10.0 Å². The standard InChI is InChI=1S/C24H19Cl2N5O3S/c1-34-19-10-4-16(5-11-19)22-14-21(15-2-6-17(25)7-3-15)27-24-28-23(29-31(22)24)30-35(32,33)20-12-8-18(26)9-13-20/h2-14,22H,1H3,(H2,27,28,29,30)/t22-/m0/s1. The first-order chi connectivity index (χ1) is 16.8. The molecule has 2 N–H and O–H groups in total. The third kappa shape index (κ3) is 4.84. The lowest BCUT2D eigenvalue weighted by Crippen LogP contribution is -2.20. The second kappa shape index (κ2) is 9.26. The third-order valence-electron chi connectivity index (χ3n) is 5.43. The molecule has 1 aromatic heterocycles. The van der Waals surface area contributed by atoms with Crippen LogP contribution in [-0.4, -0.2) is 30.3 Å². The molecule has 8 nitrogen and oxygen atoms in total. The van der Waals surface area contributed by atoms with Gasteiger partial charge in [-0.2, -0.15) is 4.98 Å². The molecule has 0 saturated carbocycles. The fourth-order valence-corrected chi connectivity index (χ4v) is 4.86. The van der Waals surface area contributed by atoms with Crippen LogP contribution in [0.1, 0.15) is 17.2 Å².